The summed E-state index contributed by atoms with van der Waals surface area (Å²) in [4.78, 5) is 4.54. The SMILES string of the molecule is Cc1cn(-c2ccc(Br)cc2-n2nncc2C(C)c2ccc(Cl)cc2)c(C)n1. The van der Waals surface area contributed by atoms with Crippen molar-refractivity contribution in [3.8, 4) is 11.4 Å². The molecule has 0 spiro atoms. The lowest BCUT2D eigenvalue weighted by atomic mass is 9.98. The van der Waals surface area contributed by atoms with Crippen molar-refractivity contribution in [3.05, 3.63) is 87.1 Å². The van der Waals surface area contributed by atoms with Crippen LogP contribution in [0.3, 0.4) is 0 Å². The highest BCUT2D eigenvalue weighted by atomic mass is 79.9. The van der Waals surface area contributed by atoms with Gasteiger partial charge in [-0.05, 0) is 49.7 Å². The normalized spacial score (nSPS) is 12.3. The summed E-state index contributed by atoms with van der Waals surface area (Å²) in [7, 11) is 0. The van der Waals surface area contributed by atoms with Gasteiger partial charge in [0.05, 0.1) is 29.0 Å². The predicted octanol–water partition coefficient (Wildman–Crippen LogP) is 5.64. The van der Waals surface area contributed by atoms with E-state index in [9.17, 15) is 0 Å². The summed E-state index contributed by atoms with van der Waals surface area (Å²) < 4.78 is 4.95. The van der Waals surface area contributed by atoms with Crippen molar-refractivity contribution in [2.45, 2.75) is 26.7 Å². The Bertz CT molecular complexity index is 1130. The Balaban J connectivity index is 1.85. The molecule has 28 heavy (non-hydrogen) atoms. The van der Waals surface area contributed by atoms with Crippen LogP contribution in [0.2, 0.25) is 5.02 Å². The third-order valence-electron chi connectivity index (χ3n) is 4.82. The highest BCUT2D eigenvalue weighted by molar-refractivity contribution is 9.10. The van der Waals surface area contributed by atoms with Gasteiger partial charge in [0, 0.05) is 21.6 Å². The Morgan fingerprint density at radius 1 is 1.04 bits per heavy atom. The van der Waals surface area contributed by atoms with Crippen molar-refractivity contribution in [2.75, 3.05) is 0 Å². The lowest BCUT2D eigenvalue weighted by Gasteiger charge is -2.17. The average Bonchev–Trinajstić information content (AvgIpc) is 3.28. The fourth-order valence-electron chi connectivity index (χ4n) is 3.38. The second kappa shape index (κ2) is 7.53. The third kappa shape index (κ3) is 3.50. The summed E-state index contributed by atoms with van der Waals surface area (Å²) in [5.41, 5.74) is 5.05. The van der Waals surface area contributed by atoms with E-state index in [0.717, 1.165) is 43.6 Å². The van der Waals surface area contributed by atoms with Crippen molar-refractivity contribution in [1.82, 2.24) is 24.5 Å². The zero-order valence-corrected chi connectivity index (χ0v) is 18.1. The molecule has 0 aliphatic heterocycles. The Morgan fingerprint density at radius 3 is 2.46 bits per heavy atom. The van der Waals surface area contributed by atoms with Crippen LogP contribution in [-0.4, -0.2) is 24.5 Å². The highest BCUT2D eigenvalue weighted by Gasteiger charge is 2.19. The molecule has 2 aromatic heterocycles. The van der Waals surface area contributed by atoms with Crippen LogP contribution in [-0.2, 0) is 0 Å². The van der Waals surface area contributed by atoms with Crippen LogP contribution in [0.4, 0.5) is 0 Å². The Hall–Kier alpha value is -2.44. The molecule has 0 fully saturated rings. The Kier molecular flexibility index (Phi) is 5.08. The van der Waals surface area contributed by atoms with Crippen LogP contribution in [0.15, 0.2) is 59.3 Å². The average molecular weight is 457 g/mol. The molecule has 142 valence electrons. The van der Waals surface area contributed by atoms with Gasteiger partial charge in [-0.25, -0.2) is 9.67 Å². The van der Waals surface area contributed by atoms with E-state index in [1.807, 2.05) is 61.3 Å². The van der Waals surface area contributed by atoms with E-state index in [1.54, 1.807) is 0 Å². The molecule has 0 aliphatic rings. The van der Waals surface area contributed by atoms with E-state index >= 15 is 0 Å². The molecule has 0 N–H and O–H groups in total. The monoisotopic (exact) mass is 455 g/mol. The minimum absolute atomic E-state index is 0.102. The van der Waals surface area contributed by atoms with Crippen LogP contribution in [0.5, 0.6) is 0 Å². The van der Waals surface area contributed by atoms with Crippen LogP contribution in [0, 0.1) is 13.8 Å². The minimum Gasteiger partial charge on any atom is -0.302 e. The molecule has 0 bridgehead atoms. The molecule has 5 nitrogen and oxygen atoms in total. The van der Waals surface area contributed by atoms with Crippen molar-refractivity contribution >= 4 is 27.5 Å². The molecule has 0 amide bonds. The van der Waals surface area contributed by atoms with Gasteiger partial charge < -0.3 is 4.57 Å². The topological polar surface area (TPSA) is 48.5 Å². The van der Waals surface area contributed by atoms with Crippen molar-refractivity contribution < 1.29 is 0 Å². The molecule has 0 aliphatic carbocycles. The van der Waals surface area contributed by atoms with Crippen molar-refractivity contribution in [1.29, 1.82) is 0 Å². The predicted molar refractivity (Wildman–Crippen MR) is 115 cm³/mol. The van der Waals surface area contributed by atoms with E-state index in [0.29, 0.717) is 0 Å². The fraction of sp³-hybridized carbons (Fsp3) is 0.190. The molecule has 0 saturated carbocycles. The van der Waals surface area contributed by atoms with E-state index in [4.69, 9.17) is 11.6 Å². The molecule has 4 rings (SSSR count). The molecular weight excluding hydrogens is 438 g/mol. The lowest BCUT2D eigenvalue weighted by molar-refractivity contribution is 0.728. The summed E-state index contributed by atoms with van der Waals surface area (Å²) in [6.45, 7) is 6.13. The van der Waals surface area contributed by atoms with Gasteiger partial charge in [-0.15, -0.1) is 5.10 Å². The molecule has 4 aromatic rings. The number of aromatic nitrogens is 5. The number of hydrogen-bond donors (Lipinski definition) is 0. The van der Waals surface area contributed by atoms with Crippen molar-refractivity contribution in [2.24, 2.45) is 0 Å². The van der Waals surface area contributed by atoms with E-state index < -0.39 is 0 Å². The fourth-order valence-corrected chi connectivity index (χ4v) is 3.85. The first kappa shape index (κ1) is 18.9. The maximum atomic E-state index is 6.05. The quantitative estimate of drug-likeness (QED) is 0.399. The van der Waals surface area contributed by atoms with Gasteiger partial charge in [0.1, 0.15) is 5.82 Å². The van der Waals surface area contributed by atoms with E-state index in [1.165, 1.54) is 0 Å². The molecule has 2 aromatic carbocycles. The number of aryl methyl sites for hydroxylation is 2. The first-order valence-corrected chi connectivity index (χ1v) is 10.1. The summed E-state index contributed by atoms with van der Waals surface area (Å²) in [6, 6.07) is 14.0. The highest BCUT2D eigenvalue weighted by Crippen LogP contribution is 2.30. The molecule has 0 saturated heterocycles. The number of halogens is 2. The van der Waals surface area contributed by atoms with Crippen LogP contribution in [0.25, 0.3) is 11.4 Å². The summed E-state index contributed by atoms with van der Waals surface area (Å²) in [6.07, 6.45) is 3.84. The number of hydrogen-bond acceptors (Lipinski definition) is 3. The maximum absolute atomic E-state index is 6.05. The first-order chi connectivity index (χ1) is 13.4. The standard InChI is InChI=1S/C21H19BrClN5/c1-13-12-27(15(3)25-13)19-9-6-17(22)10-20(19)28-21(11-24-26-28)14(2)16-4-7-18(23)8-5-16/h4-12,14H,1-3H3. The van der Waals surface area contributed by atoms with Crippen LogP contribution in [0.1, 0.15) is 35.6 Å². The van der Waals surface area contributed by atoms with Gasteiger partial charge in [-0.3, -0.25) is 0 Å². The van der Waals surface area contributed by atoms with Crippen molar-refractivity contribution in [3.63, 3.8) is 0 Å². The molecule has 1 unspecified atom stereocenters. The number of imidazole rings is 1. The third-order valence-corrected chi connectivity index (χ3v) is 5.56. The molecule has 1 atom stereocenters. The van der Waals surface area contributed by atoms with Gasteiger partial charge >= 0.3 is 0 Å². The zero-order valence-electron chi connectivity index (χ0n) is 15.8. The van der Waals surface area contributed by atoms with Gasteiger partial charge in [0.2, 0.25) is 0 Å². The first-order valence-electron chi connectivity index (χ1n) is 8.93. The lowest BCUT2D eigenvalue weighted by Crippen LogP contribution is -2.10. The second-order valence-corrected chi connectivity index (χ2v) is 8.13. The van der Waals surface area contributed by atoms with Gasteiger partial charge in [0.25, 0.3) is 0 Å². The number of benzene rings is 2. The largest absolute Gasteiger partial charge is 0.302 e. The molecular formula is C21H19BrClN5. The number of rotatable bonds is 4. The summed E-state index contributed by atoms with van der Waals surface area (Å²) in [5.74, 6) is 1.03. The van der Waals surface area contributed by atoms with Crippen LogP contribution >= 0.6 is 27.5 Å². The second-order valence-electron chi connectivity index (χ2n) is 6.78. The Morgan fingerprint density at radius 2 is 1.79 bits per heavy atom. The minimum atomic E-state index is 0.102. The van der Waals surface area contributed by atoms with Crippen LogP contribution < -0.4 is 0 Å². The number of nitrogens with zero attached hydrogens (tertiary/aromatic N) is 5. The molecule has 7 heteroatoms. The van der Waals surface area contributed by atoms with E-state index in [-0.39, 0.29) is 5.92 Å². The van der Waals surface area contributed by atoms with Gasteiger partial charge in [-0.1, -0.05) is 51.8 Å². The summed E-state index contributed by atoms with van der Waals surface area (Å²) >= 11 is 9.64. The van der Waals surface area contributed by atoms with E-state index in [2.05, 4.69) is 54.8 Å². The smallest absolute Gasteiger partial charge is 0.110 e. The Labute approximate surface area is 177 Å². The van der Waals surface area contributed by atoms with Gasteiger partial charge in [0.15, 0.2) is 0 Å². The zero-order chi connectivity index (χ0) is 19.8. The molecule has 0 radical (unpaired) electrons. The van der Waals surface area contributed by atoms with Gasteiger partial charge in [-0.2, -0.15) is 0 Å². The maximum Gasteiger partial charge on any atom is 0.110 e. The molecule has 2 heterocycles. The summed E-state index contributed by atoms with van der Waals surface area (Å²) in [5, 5.41) is 9.33.